The van der Waals surface area contributed by atoms with Crippen molar-refractivity contribution in [3.63, 3.8) is 0 Å². The van der Waals surface area contributed by atoms with Crippen LogP contribution in [-0.4, -0.2) is 9.81 Å². The third-order valence-corrected chi connectivity index (χ3v) is 4.14. The Kier molecular flexibility index (Phi) is 2.98. The molecule has 4 rings (SSSR count). The normalized spacial score (nSPS) is 11.1. The molecule has 2 nitrogen and oxygen atoms in total. The number of carbonyl (C=O) groups excluding carboxylic acids is 1. The zero-order valence-corrected chi connectivity index (χ0v) is 12.4. The lowest BCUT2D eigenvalue weighted by molar-refractivity contribution is 0.108. The number of nitrogens with zero attached hydrogens (tertiary/aromatic N) is 1. The Bertz CT molecular complexity index is 963. The van der Waals surface area contributed by atoms with E-state index in [2.05, 4.69) is 28.8 Å². The number of halogens is 1. The molecule has 0 spiro atoms. The van der Waals surface area contributed by atoms with Crippen LogP contribution in [0.3, 0.4) is 0 Å². The van der Waals surface area contributed by atoms with Crippen LogP contribution in [0, 0.1) is 0 Å². The minimum Gasteiger partial charge on any atom is -0.308 e. The number of aromatic nitrogens is 1. The monoisotopic (exact) mass is 305 g/mol. The number of rotatable bonds is 2. The fourth-order valence-electron chi connectivity index (χ4n) is 3.02. The van der Waals surface area contributed by atoms with Gasteiger partial charge in [0, 0.05) is 10.8 Å². The van der Waals surface area contributed by atoms with Crippen LogP contribution in [0.4, 0.5) is 0 Å². The second kappa shape index (κ2) is 5.00. The average molecular weight is 306 g/mol. The first-order chi connectivity index (χ1) is 10.8. The Morgan fingerprint density at radius 2 is 1.23 bits per heavy atom. The molecule has 0 saturated carbocycles. The number of hydrogen-bond acceptors (Lipinski definition) is 1. The Morgan fingerprint density at radius 3 is 1.82 bits per heavy atom. The van der Waals surface area contributed by atoms with Crippen molar-refractivity contribution in [1.29, 1.82) is 0 Å². The van der Waals surface area contributed by atoms with Gasteiger partial charge in [-0.05, 0) is 35.9 Å². The molecular formula is C19H12ClNO. The van der Waals surface area contributed by atoms with E-state index in [9.17, 15) is 4.79 Å². The average Bonchev–Trinajstić information content (AvgIpc) is 2.89. The van der Waals surface area contributed by atoms with Crippen molar-refractivity contribution in [1.82, 2.24) is 4.57 Å². The molecule has 0 bridgehead atoms. The Balaban J connectivity index is 2.21. The van der Waals surface area contributed by atoms with Gasteiger partial charge in [-0.15, -0.1) is 0 Å². The molecule has 0 N–H and O–H groups in total. The van der Waals surface area contributed by atoms with E-state index >= 15 is 0 Å². The minimum absolute atomic E-state index is 0.447. The Labute approximate surface area is 132 Å². The third kappa shape index (κ3) is 1.85. The number of para-hydroxylation sites is 3. The van der Waals surface area contributed by atoms with E-state index in [1.807, 2.05) is 42.5 Å². The molecule has 0 fully saturated rings. The van der Waals surface area contributed by atoms with Gasteiger partial charge in [0.15, 0.2) is 0 Å². The van der Waals surface area contributed by atoms with Crippen molar-refractivity contribution in [3.8, 4) is 5.69 Å². The topological polar surface area (TPSA) is 22.0 Å². The third-order valence-electron chi connectivity index (χ3n) is 3.94. The summed E-state index contributed by atoms with van der Waals surface area (Å²) in [6.45, 7) is 0. The SMILES string of the molecule is O=C(Cl)c1ccccc1-n1c2ccccc2c2ccccc21. The van der Waals surface area contributed by atoms with Crippen molar-refractivity contribution < 1.29 is 4.79 Å². The van der Waals surface area contributed by atoms with Crippen molar-refractivity contribution in [2.75, 3.05) is 0 Å². The summed E-state index contributed by atoms with van der Waals surface area (Å²) in [5.74, 6) is 0. The highest BCUT2D eigenvalue weighted by Gasteiger charge is 2.15. The summed E-state index contributed by atoms with van der Waals surface area (Å²) in [6, 6.07) is 23.8. The van der Waals surface area contributed by atoms with E-state index in [0.29, 0.717) is 5.56 Å². The van der Waals surface area contributed by atoms with Crippen LogP contribution >= 0.6 is 11.6 Å². The number of fused-ring (bicyclic) bond motifs is 3. The fraction of sp³-hybridized carbons (Fsp3) is 0. The van der Waals surface area contributed by atoms with Crippen LogP contribution in [0.15, 0.2) is 72.8 Å². The molecule has 0 amide bonds. The van der Waals surface area contributed by atoms with E-state index in [4.69, 9.17) is 11.6 Å². The maximum Gasteiger partial charge on any atom is 0.254 e. The summed E-state index contributed by atoms with van der Waals surface area (Å²) in [4.78, 5) is 11.8. The maximum absolute atomic E-state index is 11.8. The second-order valence-electron chi connectivity index (χ2n) is 5.16. The van der Waals surface area contributed by atoms with Gasteiger partial charge in [-0.2, -0.15) is 0 Å². The van der Waals surface area contributed by atoms with E-state index < -0.39 is 5.24 Å². The van der Waals surface area contributed by atoms with Gasteiger partial charge in [0.05, 0.1) is 22.3 Å². The molecule has 0 aliphatic rings. The molecule has 3 heteroatoms. The minimum atomic E-state index is -0.447. The maximum atomic E-state index is 11.8. The van der Waals surface area contributed by atoms with Gasteiger partial charge in [0.1, 0.15) is 0 Å². The zero-order chi connectivity index (χ0) is 15.1. The molecule has 1 heterocycles. The zero-order valence-electron chi connectivity index (χ0n) is 11.7. The molecule has 0 aliphatic heterocycles. The van der Waals surface area contributed by atoms with Gasteiger partial charge in [-0.1, -0.05) is 48.5 Å². The molecule has 0 atom stereocenters. The van der Waals surface area contributed by atoms with Crippen molar-refractivity contribution in [3.05, 3.63) is 78.4 Å². The first-order valence-corrected chi connectivity index (χ1v) is 7.42. The number of benzene rings is 3. The van der Waals surface area contributed by atoms with Gasteiger partial charge in [0.2, 0.25) is 0 Å². The van der Waals surface area contributed by atoms with Crippen LogP contribution < -0.4 is 0 Å². The summed E-state index contributed by atoms with van der Waals surface area (Å²) in [7, 11) is 0. The first kappa shape index (κ1) is 13.1. The van der Waals surface area contributed by atoms with Crippen LogP contribution in [0.5, 0.6) is 0 Å². The summed E-state index contributed by atoms with van der Waals surface area (Å²) >= 11 is 5.78. The number of carbonyl (C=O) groups is 1. The summed E-state index contributed by atoms with van der Waals surface area (Å²) in [5, 5.41) is 1.88. The van der Waals surface area contributed by atoms with Gasteiger partial charge in [-0.25, -0.2) is 0 Å². The predicted molar refractivity (Wildman–Crippen MR) is 91.0 cm³/mol. The molecule has 3 aromatic carbocycles. The molecule has 0 saturated heterocycles. The smallest absolute Gasteiger partial charge is 0.254 e. The molecule has 0 aliphatic carbocycles. The summed E-state index contributed by atoms with van der Waals surface area (Å²) in [5.41, 5.74) is 3.44. The van der Waals surface area contributed by atoms with Crippen molar-refractivity contribution in [2.24, 2.45) is 0 Å². The lowest BCUT2D eigenvalue weighted by Gasteiger charge is -2.10. The molecule has 106 valence electrons. The van der Waals surface area contributed by atoms with Gasteiger partial charge in [0.25, 0.3) is 5.24 Å². The lowest BCUT2D eigenvalue weighted by atomic mass is 10.2. The molecule has 0 radical (unpaired) electrons. The lowest BCUT2D eigenvalue weighted by Crippen LogP contribution is -2.01. The van der Waals surface area contributed by atoms with Crippen molar-refractivity contribution >= 4 is 38.6 Å². The molecule has 1 aromatic heterocycles. The quantitative estimate of drug-likeness (QED) is 0.469. The van der Waals surface area contributed by atoms with Gasteiger partial charge >= 0.3 is 0 Å². The van der Waals surface area contributed by atoms with Crippen LogP contribution in [0.1, 0.15) is 10.4 Å². The van der Waals surface area contributed by atoms with E-state index in [0.717, 1.165) is 27.5 Å². The first-order valence-electron chi connectivity index (χ1n) is 7.05. The highest BCUT2D eigenvalue weighted by molar-refractivity contribution is 6.68. The standard InChI is InChI=1S/C19H12ClNO/c20-19(22)15-9-3-6-12-18(15)21-16-10-4-1-7-13(16)14-8-2-5-11-17(14)21/h1-12H. The number of hydrogen-bond donors (Lipinski definition) is 0. The molecule has 22 heavy (non-hydrogen) atoms. The van der Waals surface area contributed by atoms with Crippen LogP contribution in [-0.2, 0) is 0 Å². The van der Waals surface area contributed by atoms with E-state index in [1.165, 1.54) is 0 Å². The van der Waals surface area contributed by atoms with Gasteiger partial charge in [-0.3, -0.25) is 4.79 Å². The summed E-state index contributed by atoms with van der Waals surface area (Å²) in [6.07, 6.45) is 0. The highest BCUT2D eigenvalue weighted by atomic mass is 35.5. The predicted octanol–water partition coefficient (Wildman–Crippen LogP) is 5.16. The van der Waals surface area contributed by atoms with Gasteiger partial charge < -0.3 is 4.57 Å². The molecule has 0 unspecified atom stereocenters. The molecular weight excluding hydrogens is 294 g/mol. The van der Waals surface area contributed by atoms with E-state index in [-0.39, 0.29) is 0 Å². The summed E-state index contributed by atoms with van der Waals surface area (Å²) < 4.78 is 2.10. The second-order valence-corrected chi connectivity index (χ2v) is 5.50. The highest BCUT2D eigenvalue weighted by Crippen LogP contribution is 2.33. The van der Waals surface area contributed by atoms with Crippen LogP contribution in [0.25, 0.3) is 27.5 Å². The van der Waals surface area contributed by atoms with Crippen molar-refractivity contribution in [2.45, 2.75) is 0 Å². The Hall–Kier alpha value is -2.58. The largest absolute Gasteiger partial charge is 0.308 e. The molecule has 4 aromatic rings. The van der Waals surface area contributed by atoms with E-state index in [1.54, 1.807) is 6.07 Å². The fourth-order valence-corrected chi connectivity index (χ4v) is 3.18. The van der Waals surface area contributed by atoms with Crippen LogP contribution in [0.2, 0.25) is 0 Å². The Morgan fingerprint density at radius 1 is 0.727 bits per heavy atom.